The first-order chi connectivity index (χ1) is 18.5. The first-order valence-electron chi connectivity index (χ1n) is 12.8. The second-order valence-electron chi connectivity index (χ2n) is 9.79. The Morgan fingerprint density at radius 3 is 2.63 bits per heavy atom. The molecule has 0 aliphatic carbocycles. The number of piperidine rings is 1. The summed E-state index contributed by atoms with van der Waals surface area (Å²) < 4.78 is 20.6. The smallest absolute Gasteiger partial charge is 0.185 e. The van der Waals surface area contributed by atoms with Crippen LogP contribution < -0.4 is 4.74 Å². The van der Waals surface area contributed by atoms with E-state index >= 15 is 0 Å². The first kappa shape index (κ1) is 25.5. The molecular weight excluding hydrogens is 483 g/mol. The number of hydrazone groups is 1. The van der Waals surface area contributed by atoms with Crippen molar-refractivity contribution >= 4 is 11.5 Å². The Labute approximate surface area is 221 Å². The highest BCUT2D eigenvalue weighted by Crippen LogP contribution is 2.23. The van der Waals surface area contributed by atoms with Gasteiger partial charge in [0.2, 0.25) is 0 Å². The van der Waals surface area contributed by atoms with E-state index in [0.29, 0.717) is 37.2 Å². The maximum absolute atomic E-state index is 14.7. The zero-order valence-corrected chi connectivity index (χ0v) is 21.3. The molecular formula is C29H29FN6O2. The Morgan fingerprint density at radius 1 is 1.11 bits per heavy atom. The zero-order valence-electron chi connectivity index (χ0n) is 21.3. The quantitative estimate of drug-likeness (QED) is 0.471. The summed E-state index contributed by atoms with van der Waals surface area (Å²) in [7, 11) is 2.15. The summed E-state index contributed by atoms with van der Waals surface area (Å²) in [6.45, 7) is 3.74. The number of halogens is 1. The van der Waals surface area contributed by atoms with E-state index in [1.165, 1.54) is 12.1 Å². The molecule has 194 valence electrons. The van der Waals surface area contributed by atoms with Crippen LogP contribution in [-0.4, -0.2) is 64.7 Å². The van der Waals surface area contributed by atoms with Gasteiger partial charge in [-0.1, -0.05) is 24.3 Å². The fourth-order valence-corrected chi connectivity index (χ4v) is 4.72. The molecule has 2 aliphatic rings. The normalized spacial score (nSPS) is 16.7. The van der Waals surface area contributed by atoms with Crippen molar-refractivity contribution in [1.82, 2.24) is 19.9 Å². The molecule has 1 aromatic heterocycles. The van der Waals surface area contributed by atoms with Crippen LogP contribution >= 0.6 is 0 Å². The van der Waals surface area contributed by atoms with E-state index in [1.54, 1.807) is 23.5 Å². The number of carbonyl (C=O) groups excluding carboxylic acids is 1. The lowest BCUT2D eigenvalue weighted by Gasteiger charge is -2.28. The molecule has 0 radical (unpaired) electrons. The highest BCUT2D eigenvalue weighted by Gasteiger charge is 2.25. The third-order valence-electron chi connectivity index (χ3n) is 6.98. The van der Waals surface area contributed by atoms with Crippen molar-refractivity contribution in [1.29, 1.82) is 5.26 Å². The minimum Gasteiger partial charge on any atom is -0.490 e. The third kappa shape index (κ3) is 5.87. The largest absolute Gasteiger partial charge is 0.490 e. The molecule has 3 heterocycles. The first-order valence-corrected chi connectivity index (χ1v) is 12.8. The molecule has 0 unspecified atom stereocenters. The van der Waals surface area contributed by atoms with Crippen molar-refractivity contribution in [2.24, 2.45) is 11.0 Å². The Morgan fingerprint density at radius 2 is 1.87 bits per heavy atom. The lowest BCUT2D eigenvalue weighted by atomic mass is 9.98. The lowest BCUT2D eigenvalue weighted by molar-refractivity contribution is -0.114. The summed E-state index contributed by atoms with van der Waals surface area (Å²) in [5.41, 5.74) is 1.80. The van der Waals surface area contributed by atoms with Gasteiger partial charge in [-0.3, -0.25) is 9.80 Å². The molecule has 2 aromatic carbocycles. The summed E-state index contributed by atoms with van der Waals surface area (Å²) in [6, 6.07) is 14.0. The fraction of sp³-hybridized carbons (Fsp3) is 0.345. The number of hydrogen-bond acceptors (Lipinski definition) is 8. The van der Waals surface area contributed by atoms with Crippen LogP contribution in [-0.2, 0) is 11.3 Å². The molecule has 0 saturated carbocycles. The summed E-state index contributed by atoms with van der Waals surface area (Å²) in [6.07, 6.45) is 5.92. The number of rotatable bonds is 7. The van der Waals surface area contributed by atoms with E-state index in [9.17, 15) is 9.18 Å². The van der Waals surface area contributed by atoms with Gasteiger partial charge in [0.05, 0.1) is 31.1 Å². The van der Waals surface area contributed by atoms with Crippen LogP contribution in [0.2, 0.25) is 0 Å². The maximum Gasteiger partial charge on any atom is 0.185 e. The van der Waals surface area contributed by atoms with Crippen molar-refractivity contribution in [3.8, 4) is 23.2 Å². The van der Waals surface area contributed by atoms with Gasteiger partial charge in [0, 0.05) is 24.1 Å². The van der Waals surface area contributed by atoms with Crippen LogP contribution in [0.3, 0.4) is 0 Å². The van der Waals surface area contributed by atoms with Gasteiger partial charge in [0.15, 0.2) is 23.2 Å². The van der Waals surface area contributed by atoms with Crippen LogP contribution in [0.15, 0.2) is 60.0 Å². The van der Waals surface area contributed by atoms with Gasteiger partial charge in [-0.25, -0.2) is 14.4 Å². The molecule has 0 atom stereocenters. The number of nitriles is 1. The van der Waals surface area contributed by atoms with Gasteiger partial charge in [0.1, 0.15) is 11.8 Å². The van der Waals surface area contributed by atoms with E-state index in [0.717, 1.165) is 37.1 Å². The highest BCUT2D eigenvalue weighted by atomic mass is 19.1. The van der Waals surface area contributed by atoms with E-state index in [1.807, 2.05) is 30.3 Å². The Kier molecular flexibility index (Phi) is 7.70. The molecule has 1 fully saturated rings. The van der Waals surface area contributed by atoms with Gasteiger partial charge < -0.3 is 9.64 Å². The molecule has 8 nitrogen and oxygen atoms in total. The topological polar surface area (TPSA) is 94.7 Å². The SMILES string of the molecule is CN1CCC(COc2cnc(-c3cccc(CN4CCC(=O)C(c5cccc(C#N)c5F)=N4)c3)nc2)CC1. The number of likely N-dealkylation sites (tertiary alicyclic amines) is 1. The van der Waals surface area contributed by atoms with E-state index in [-0.39, 0.29) is 29.0 Å². The Bertz CT molecular complexity index is 1380. The van der Waals surface area contributed by atoms with Crippen molar-refractivity contribution in [2.45, 2.75) is 25.8 Å². The maximum atomic E-state index is 14.7. The number of hydrogen-bond donors (Lipinski definition) is 0. The van der Waals surface area contributed by atoms with E-state index < -0.39 is 5.82 Å². The molecule has 2 aliphatic heterocycles. The predicted octanol–water partition coefficient (Wildman–Crippen LogP) is 4.05. The molecule has 0 bridgehead atoms. The van der Waals surface area contributed by atoms with Crippen LogP contribution in [0, 0.1) is 23.1 Å². The molecule has 1 saturated heterocycles. The van der Waals surface area contributed by atoms with Gasteiger partial charge in [-0.05, 0) is 62.7 Å². The van der Waals surface area contributed by atoms with Crippen LogP contribution in [0.1, 0.15) is 36.0 Å². The molecule has 0 spiro atoms. The number of aromatic nitrogens is 2. The van der Waals surface area contributed by atoms with Crippen LogP contribution in [0.25, 0.3) is 11.4 Å². The van der Waals surface area contributed by atoms with Crippen molar-refractivity contribution in [3.05, 3.63) is 77.4 Å². The Hall–Kier alpha value is -4.16. The summed E-state index contributed by atoms with van der Waals surface area (Å²) in [4.78, 5) is 23.9. The van der Waals surface area contributed by atoms with Gasteiger partial charge in [-0.2, -0.15) is 10.4 Å². The molecule has 0 amide bonds. The fourth-order valence-electron chi connectivity index (χ4n) is 4.72. The number of Topliss-reactive ketones (excluding diaryl/α,β-unsaturated/α-hetero) is 1. The third-order valence-corrected chi connectivity index (χ3v) is 6.98. The summed E-state index contributed by atoms with van der Waals surface area (Å²) in [5, 5.41) is 15.3. The molecule has 9 heteroatoms. The molecule has 3 aromatic rings. The minimum absolute atomic E-state index is 0.0428. The summed E-state index contributed by atoms with van der Waals surface area (Å²) >= 11 is 0. The molecule has 0 N–H and O–H groups in total. The number of ketones is 1. The number of nitrogens with zero attached hydrogens (tertiary/aromatic N) is 6. The second-order valence-corrected chi connectivity index (χ2v) is 9.79. The van der Waals surface area contributed by atoms with Gasteiger partial charge >= 0.3 is 0 Å². The average Bonchev–Trinajstić information content (AvgIpc) is 2.94. The van der Waals surface area contributed by atoms with E-state index in [2.05, 4.69) is 27.0 Å². The standard InChI is InChI=1S/C29H29FN6O2/c1-35-11-8-20(9-12-35)19-38-24-16-32-29(33-17-24)22-5-2-4-21(14-22)18-36-13-10-26(37)28(34-36)25-7-3-6-23(15-31)27(25)30/h2-7,14,16-17,20H,8-13,18-19H2,1H3. The zero-order chi connectivity index (χ0) is 26.5. The number of ether oxygens (including phenoxy) is 1. The monoisotopic (exact) mass is 512 g/mol. The summed E-state index contributed by atoms with van der Waals surface area (Å²) in [5.74, 6) is 0.850. The lowest BCUT2D eigenvalue weighted by Crippen LogP contribution is -2.33. The van der Waals surface area contributed by atoms with Crippen molar-refractivity contribution < 1.29 is 13.9 Å². The average molecular weight is 513 g/mol. The van der Waals surface area contributed by atoms with Gasteiger partial charge in [0.25, 0.3) is 0 Å². The minimum atomic E-state index is -0.720. The van der Waals surface area contributed by atoms with Crippen molar-refractivity contribution in [3.63, 3.8) is 0 Å². The molecule has 38 heavy (non-hydrogen) atoms. The number of benzene rings is 2. The van der Waals surface area contributed by atoms with E-state index in [4.69, 9.17) is 10.00 Å². The Balaban J connectivity index is 1.26. The second kappa shape index (κ2) is 11.5. The number of carbonyl (C=O) groups is 1. The molecule has 5 rings (SSSR count). The highest BCUT2D eigenvalue weighted by molar-refractivity contribution is 6.46. The van der Waals surface area contributed by atoms with Crippen LogP contribution in [0.4, 0.5) is 4.39 Å². The van der Waals surface area contributed by atoms with Crippen molar-refractivity contribution in [2.75, 3.05) is 33.3 Å². The van der Waals surface area contributed by atoms with Gasteiger partial charge in [-0.15, -0.1) is 0 Å². The van der Waals surface area contributed by atoms with Crippen LogP contribution in [0.5, 0.6) is 5.75 Å². The predicted molar refractivity (Wildman–Crippen MR) is 141 cm³/mol.